The Kier molecular flexibility index (Phi) is 8.14. The van der Waals surface area contributed by atoms with Gasteiger partial charge in [0.05, 0.1) is 12.6 Å². The minimum absolute atomic E-state index is 0.169. The van der Waals surface area contributed by atoms with Crippen molar-refractivity contribution in [3.8, 4) is 0 Å². The summed E-state index contributed by atoms with van der Waals surface area (Å²) in [4.78, 5) is 4.23. The number of ether oxygens (including phenoxy) is 1. The number of aliphatic imine (C=N–C) groups is 1. The molecule has 80 valence electrons. The van der Waals surface area contributed by atoms with Crippen molar-refractivity contribution in [2.75, 3.05) is 13.7 Å². The zero-order valence-electron chi connectivity index (χ0n) is 9.66. The molecule has 0 radical (unpaired) electrons. The molecule has 0 N–H and O–H groups in total. The molecule has 14 heavy (non-hydrogen) atoms. The molecule has 0 aromatic heterocycles. The summed E-state index contributed by atoms with van der Waals surface area (Å²) >= 11 is 0. The Balaban J connectivity index is 4.28. The van der Waals surface area contributed by atoms with Crippen LogP contribution in [-0.2, 0) is 4.74 Å². The molecule has 2 heteroatoms. The highest BCUT2D eigenvalue weighted by Gasteiger charge is 1.98. The van der Waals surface area contributed by atoms with E-state index in [0.29, 0.717) is 0 Å². The van der Waals surface area contributed by atoms with Crippen molar-refractivity contribution in [1.29, 1.82) is 0 Å². The molecule has 0 bridgehead atoms. The van der Waals surface area contributed by atoms with Gasteiger partial charge in [-0.25, -0.2) is 0 Å². The first-order chi connectivity index (χ1) is 6.74. The van der Waals surface area contributed by atoms with Crippen molar-refractivity contribution in [2.45, 2.75) is 33.3 Å². The summed E-state index contributed by atoms with van der Waals surface area (Å²) < 4.78 is 5.19. The zero-order valence-corrected chi connectivity index (χ0v) is 9.66. The van der Waals surface area contributed by atoms with Crippen LogP contribution in [0, 0.1) is 0 Å². The van der Waals surface area contributed by atoms with Gasteiger partial charge in [-0.2, -0.15) is 0 Å². The van der Waals surface area contributed by atoms with Crippen molar-refractivity contribution >= 4 is 6.21 Å². The van der Waals surface area contributed by atoms with Crippen LogP contribution >= 0.6 is 0 Å². The largest absolute Gasteiger partial charge is 0.378 e. The van der Waals surface area contributed by atoms with E-state index in [9.17, 15) is 0 Å². The quantitative estimate of drug-likeness (QED) is 0.471. The van der Waals surface area contributed by atoms with E-state index < -0.39 is 0 Å². The van der Waals surface area contributed by atoms with Gasteiger partial charge in [-0.3, -0.25) is 4.99 Å². The number of rotatable bonds is 6. The normalized spacial score (nSPS) is 15.6. The molecule has 2 nitrogen and oxygen atoms in total. The Morgan fingerprint density at radius 3 is 2.64 bits per heavy atom. The second-order valence-corrected chi connectivity index (χ2v) is 3.14. The van der Waals surface area contributed by atoms with Crippen LogP contribution in [0.3, 0.4) is 0 Å². The zero-order chi connectivity index (χ0) is 10.8. The van der Waals surface area contributed by atoms with Gasteiger partial charge in [0.25, 0.3) is 0 Å². The lowest BCUT2D eigenvalue weighted by Gasteiger charge is -2.06. The average molecular weight is 195 g/mol. The average Bonchev–Trinajstić information content (AvgIpc) is 2.21. The number of nitrogens with zero attached hydrogens (tertiary/aromatic N) is 1. The number of allylic oxidation sites excluding steroid dienone is 2. The van der Waals surface area contributed by atoms with E-state index in [-0.39, 0.29) is 6.10 Å². The standard InChI is InChI=1S/C12H21NO/c1-5-7-8-12(10-13-6-2)9-11(3)14-4/h5-7,9,11H,8,10H2,1-4H3/b7-5-,12-9+,13-6?. The SMILES string of the molecule is CC=NC/C(=C/C(C)OC)C/C=C\C. The van der Waals surface area contributed by atoms with Gasteiger partial charge in [0.15, 0.2) is 0 Å². The smallest absolute Gasteiger partial charge is 0.0727 e. The first-order valence-corrected chi connectivity index (χ1v) is 5.02. The Labute approximate surface area is 87.4 Å². The fourth-order valence-corrected chi connectivity index (χ4v) is 1.06. The topological polar surface area (TPSA) is 21.6 Å². The van der Waals surface area contributed by atoms with Gasteiger partial charge < -0.3 is 4.74 Å². The molecule has 0 heterocycles. The van der Waals surface area contributed by atoms with Crippen LogP contribution in [0.25, 0.3) is 0 Å². The number of methoxy groups -OCH3 is 1. The highest BCUT2D eigenvalue weighted by atomic mass is 16.5. The fourth-order valence-electron chi connectivity index (χ4n) is 1.06. The van der Waals surface area contributed by atoms with Crippen LogP contribution in [0.15, 0.2) is 28.8 Å². The van der Waals surface area contributed by atoms with Crippen molar-refractivity contribution in [2.24, 2.45) is 4.99 Å². The van der Waals surface area contributed by atoms with Crippen molar-refractivity contribution in [3.63, 3.8) is 0 Å². The molecule has 0 rings (SSSR count). The third-order valence-electron chi connectivity index (χ3n) is 1.93. The van der Waals surface area contributed by atoms with Crippen LogP contribution in [0.2, 0.25) is 0 Å². The molecule has 0 aliphatic carbocycles. The summed E-state index contributed by atoms with van der Waals surface area (Å²) in [5.41, 5.74) is 1.30. The lowest BCUT2D eigenvalue weighted by Crippen LogP contribution is -2.02. The monoisotopic (exact) mass is 195 g/mol. The first kappa shape index (κ1) is 13.1. The summed E-state index contributed by atoms with van der Waals surface area (Å²) in [5.74, 6) is 0. The van der Waals surface area contributed by atoms with E-state index >= 15 is 0 Å². The molecule has 0 amide bonds. The second kappa shape index (κ2) is 8.70. The second-order valence-electron chi connectivity index (χ2n) is 3.14. The lowest BCUT2D eigenvalue weighted by atomic mass is 10.1. The van der Waals surface area contributed by atoms with E-state index in [1.165, 1.54) is 5.57 Å². The van der Waals surface area contributed by atoms with Gasteiger partial charge in [0.1, 0.15) is 0 Å². The molecule has 0 saturated carbocycles. The van der Waals surface area contributed by atoms with Gasteiger partial charge in [-0.05, 0) is 39.0 Å². The highest BCUT2D eigenvalue weighted by Crippen LogP contribution is 2.06. The molecule has 0 spiro atoms. The fraction of sp³-hybridized carbons (Fsp3) is 0.583. The molecule has 1 atom stereocenters. The van der Waals surface area contributed by atoms with Gasteiger partial charge in [-0.1, -0.05) is 18.2 Å². The third-order valence-corrected chi connectivity index (χ3v) is 1.93. The molecule has 0 saturated heterocycles. The van der Waals surface area contributed by atoms with Gasteiger partial charge in [0, 0.05) is 7.11 Å². The van der Waals surface area contributed by atoms with Crippen molar-refractivity contribution in [3.05, 3.63) is 23.8 Å². The van der Waals surface area contributed by atoms with Crippen LogP contribution in [0.4, 0.5) is 0 Å². The van der Waals surface area contributed by atoms with E-state index in [2.05, 4.69) is 23.2 Å². The van der Waals surface area contributed by atoms with Crippen LogP contribution in [0.5, 0.6) is 0 Å². The van der Waals surface area contributed by atoms with Crippen molar-refractivity contribution < 1.29 is 4.74 Å². The number of hydrogen-bond donors (Lipinski definition) is 0. The predicted octanol–water partition coefficient (Wildman–Crippen LogP) is 3.00. The maximum absolute atomic E-state index is 5.19. The molecule has 0 aromatic rings. The third kappa shape index (κ3) is 6.61. The molecule has 1 unspecified atom stereocenters. The minimum Gasteiger partial charge on any atom is -0.378 e. The summed E-state index contributed by atoms with van der Waals surface area (Å²) in [7, 11) is 1.72. The Morgan fingerprint density at radius 2 is 2.14 bits per heavy atom. The summed E-state index contributed by atoms with van der Waals surface area (Å²) in [6, 6.07) is 0. The summed E-state index contributed by atoms with van der Waals surface area (Å²) in [6.45, 7) is 6.77. The molecule has 0 aromatic carbocycles. The molecule has 0 aliphatic heterocycles. The number of hydrogen-bond acceptors (Lipinski definition) is 2. The van der Waals surface area contributed by atoms with Gasteiger partial charge in [-0.15, -0.1) is 0 Å². The van der Waals surface area contributed by atoms with Crippen LogP contribution in [0.1, 0.15) is 27.2 Å². The van der Waals surface area contributed by atoms with E-state index in [1.54, 1.807) is 7.11 Å². The molecular weight excluding hydrogens is 174 g/mol. The highest BCUT2D eigenvalue weighted by molar-refractivity contribution is 5.53. The predicted molar refractivity (Wildman–Crippen MR) is 63.0 cm³/mol. The van der Waals surface area contributed by atoms with Crippen LogP contribution < -0.4 is 0 Å². The Bertz CT molecular complexity index is 200. The lowest BCUT2D eigenvalue weighted by molar-refractivity contribution is 0.155. The molecule has 0 fully saturated rings. The first-order valence-electron chi connectivity index (χ1n) is 5.02. The Hall–Kier alpha value is -0.890. The van der Waals surface area contributed by atoms with Gasteiger partial charge >= 0.3 is 0 Å². The van der Waals surface area contributed by atoms with Crippen molar-refractivity contribution in [1.82, 2.24) is 0 Å². The summed E-state index contributed by atoms with van der Waals surface area (Å²) in [6.07, 6.45) is 9.29. The minimum atomic E-state index is 0.169. The Morgan fingerprint density at radius 1 is 1.43 bits per heavy atom. The maximum atomic E-state index is 5.19. The maximum Gasteiger partial charge on any atom is 0.0727 e. The van der Waals surface area contributed by atoms with E-state index in [4.69, 9.17) is 4.74 Å². The van der Waals surface area contributed by atoms with E-state index in [0.717, 1.165) is 13.0 Å². The molecule has 0 aliphatic rings. The van der Waals surface area contributed by atoms with E-state index in [1.807, 2.05) is 27.0 Å². The molecular formula is C12H21NO. The van der Waals surface area contributed by atoms with Crippen LogP contribution in [-0.4, -0.2) is 26.0 Å². The van der Waals surface area contributed by atoms with Gasteiger partial charge in [0.2, 0.25) is 0 Å². The summed E-state index contributed by atoms with van der Waals surface area (Å²) in [5, 5.41) is 0.